The molecule has 0 aliphatic rings. The van der Waals surface area contributed by atoms with Crippen molar-refractivity contribution in [1.29, 1.82) is 0 Å². The molecule has 8 N–H and O–H groups in total. The van der Waals surface area contributed by atoms with Crippen molar-refractivity contribution in [3.8, 4) is 11.8 Å². The van der Waals surface area contributed by atoms with Gasteiger partial charge in [0.25, 0.3) is 5.91 Å². The van der Waals surface area contributed by atoms with Gasteiger partial charge in [-0.3, -0.25) is 19.2 Å². The third-order valence-corrected chi connectivity index (χ3v) is 7.20. The van der Waals surface area contributed by atoms with E-state index in [1.807, 2.05) is 30.3 Å². The number of amides is 2. The van der Waals surface area contributed by atoms with Crippen LogP contribution in [0.1, 0.15) is 53.2 Å². The largest absolute Gasteiger partial charge is 0.391 e. The Hall–Kier alpha value is -4.66. The molecule has 0 spiro atoms. The van der Waals surface area contributed by atoms with Crippen molar-refractivity contribution in [2.75, 3.05) is 18.5 Å². The van der Waals surface area contributed by atoms with Gasteiger partial charge in [0.2, 0.25) is 5.91 Å². The van der Waals surface area contributed by atoms with Crippen LogP contribution in [0, 0.1) is 17.8 Å². The van der Waals surface area contributed by atoms with Crippen LogP contribution < -0.4 is 22.1 Å². The minimum atomic E-state index is -1.21. The van der Waals surface area contributed by atoms with Crippen molar-refractivity contribution in [1.82, 2.24) is 5.32 Å². The maximum atomic E-state index is 13.3. The molecule has 0 bridgehead atoms. The van der Waals surface area contributed by atoms with Gasteiger partial charge in [-0.05, 0) is 86.8 Å². The van der Waals surface area contributed by atoms with E-state index in [1.165, 1.54) is 6.92 Å². The summed E-state index contributed by atoms with van der Waals surface area (Å²) in [6.45, 7) is 1.01. The van der Waals surface area contributed by atoms with E-state index in [4.69, 9.17) is 16.6 Å². The second-order valence-electron chi connectivity index (χ2n) is 10.8. The Bertz CT molecular complexity index is 1500. The Labute approximate surface area is 263 Å². The van der Waals surface area contributed by atoms with E-state index in [-0.39, 0.29) is 23.7 Å². The SMILES string of the molecule is C[C@@H](O)[C@H](NC(=O)c1ccc(C#Cc2ccc(NC(=O)[C@@H](CC(=O)[C@@H](N)CCCN)Cc3ccccc3)cc2)cc1)C(=O)CO. The number of rotatable bonds is 15. The molecule has 0 aromatic heterocycles. The summed E-state index contributed by atoms with van der Waals surface area (Å²) in [6, 6.07) is 21.0. The molecule has 2 amide bonds. The van der Waals surface area contributed by atoms with Gasteiger partial charge in [0, 0.05) is 34.7 Å². The van der Waals surface area contributed by atoms with Crippen molar-refractivity contribution in [3.05, 3.63) is 101 Å². The van der Waals surface area contributed by atoms with Gasteiger partial charge in [-0.15, -0.1) is 0 Å². The molecule has 0 saturated heterocycles. The van der Waals surface area contributed by atoms with Crippen molar-refractivity contribution < 1.29 is 29.4 Å². The summed E-state index contributed by atoms with van der Waals surface area (Å²) in [4.78, 5) is 50.3. The Morgan fingerprint density at radius 2 is 1.47 bits per heavy atom. The Balaban J connectivity index is 1.64. The van der Waals surface area contributed by atoms with Crippen LogP contribution in [0.15, 0.2) is 78.9 Å². The van der Waals surface area contributed by atoms with Crippen LogP contribution in [-0.2, 0) is 20.8 Å². The number of aliphatic hydroxyl groups excluding tert-OH is 2. The second kappa shape index (κ2) is 17.6. The summed E-state index contributed by atoms with van der Waals surface area (Å²) < 4.78 is 0. The number of aliphatic hydroxyl groups is 2. The van der Waals surface area contributed by atoms with Crippen molar-refractivity contribution in [2.24, 2.45) is 17.4 Å². The molecule has 0 aliphatic carbocycles. The highest BCUT2D eigenvalue weighted by molar-refractivity contribution is 5.98. The monoisotopic (exact) mass is 612 g/mol. The molecular formula is C35H40N4O6. The third kappa shape index (κ3) is 11.1. The molecule has 0 saturated carbocycles. The van der Waals surface area contributed by atoms with Gasteiger partial charge in [-0.1, -0.05) is 42.2 Å². The zero-order valence-electron chi connectivity index (χ0n) is 25.2. The number of hydrogen-bond donors (Lipinski definition) is 6. The lowest BCUT2D eigenvalue weighted by Gasteiger charge is -2.19. The molecule has 3 rings (SSSR count). The Morgan fingerprint density at radius 3 is 2.02 bits per heavy atom. The van der Waals surface area contributed by atoms with Crippen LogP contribution in [0.5, 0.6) is 0 Å². The number of Topliss-reactive ketones (excluding diaryl/α,β-unsaturated/α-hetero) is 2. The lowest BCUT2D eigenvalue weighted by molar-refractivity contribution is -0.127. The summed E-state index contributed by atoms with van der Waals surface area (Å²) in [5.74, 6) is 3.75. The molecule has 236 valence electrons. The fourth-order valence-corrected chi connectivity index (χ4v) is 4.57. The second-order valence-corrected chi connectivity index (χ2v) is 10.8. The smallest absolute Gasteiger partial charge is 0.251 e. The van der Waals surface area contributed by atoms with Gasteiger partial charge in [0.15, 0.2) is 5.78 Å². The van der Waals surface area contributed by atoms with Crippen molar-refractivity contribution in [3.63, 3.8) is 0 Å². The number of carbonyl (C=O) groups is 4. The maximum absolute atomic E-state index is 13.3. The standard InChI is InChI=1S/C35H40N4O6/c1-23(41)33(32(43)22-40)39-34(44)27-15-11-24(12-16-27)9-10-25-13-17-29(18-14-25)38-35(45)28(20-26-6-3-2-4-7-26)21-31(42)30(37)8-5-19-36/h2-4,6-7,11-18,23,28,30,33,40-41H,5,8,19-22,36-37H2,1H3,(H,38,45)(H,39,44)/t23-,28-,30+,33+/m1/s1. The quantitative estimate of drug-likeness (QED) is 0.141. The number of carbonyl (C=O) groups excluding carboxylic acids is 4. The topological polar surface area (TPSA) is 185 Å². The highest BCUT2D eigenvalue weighted by atomic mass is 16.3. The van der Waals surface area contributed by atoms with E-state index in [2.05, 4.69) is 22.5 Å². The van der Waals surface area contributed by atoms with E-state index >= 15 is 0 Å². The van der Waals surface area contributed by atoms with Crippen LogP contribution in [0.25, 0.3) is 0 Å². The lowest BCUT2D eigenvalue weighted by Crippen LogP contribution is -2.48. The number of hydrogen-bond acceptors (Lipinski definition) is 8. The number of nitrogens with two attached hydrogens (primary N) is 2. The fourth-order valence-electron chi connectivity index (χ4n) is 4.57. The first-order valence-electron chi connectivity index (χ1n) is 14.8. The van der Waals surface area contributed by atoms with E-state index in [1.54, 1.807) is 48.5 Å². The number of benzene rings is 3. The number of anilines is 1. The first-order valence-corrected chi connectivity index (χ1v) is 14.8. The number of ketones is 2. The molecule has 3 aromatic carbocycles. The van der Waals surface area contributed by atoms with Gasteiger partial charge in [0.1, 0.15) is 18.4 Å². The predicted octanol–water partition coefficient (Wildman–Crippen LogP) is 1.95. The van der Waals surface area contributed by atoms with Gasteiger partial charge >= 0.3 is 0 Å². The normalized spacial score (nSPS) is 13.4. The average molecular weight is 613 g/mol. The van der Waals surface area contributed by atoms with Gasteiger partial charge in [-0.2, -0.15) is 0 Å². The molecule has 45 heavy (non-hydrogen) atoms. The molecule has 0 fully saturated rings. The van der Waals surface area contributed by atoms with E-state index in [9.17, 15) is 24.3 Å². The van der Waals surface area contributed by atoms with E-state index < -0.39 is 42.4 Å². The molecule has 3 aromatic rings. The maximum Gasteiger partial charge on any atom is 0.251 e. The minimum absolute atomic E-state index is 0.0262. The Kier molecular flexibility index (Phi) is 13.6. The van der Waals surface area contributed by atoms with Gasteiger partial charge < -0.3 is 32.3 Å². The van der Waals surface area contributed by atoms with Crippen LogP contribution in [0.4, 0.5) is 5.69 Å². The molecule has 10 nitrogen and oxygen atoms in total. The summed E-state index contributed by atoms with van der Waals surface area (Å²) in [6.07, 6.45) is 0.385. The Morgan fingerprint density at radius 1 is 0.867 bits per heavy atom. The highest BCUT2D eigenvalue weighted by Crippen LogP contribution is 2.18. The average Bonchev–Trinajstić information content (AvgIpc) is 3.05. The van der Waals surface area contributed by atoms with E-state index in [0.717, 1.165) is 5.56 Å². The molecule has 0 radical (unpaired) electrons. The predicted molar refractivity (Wildman–Crippen MR) is 172 cm³/mol. The zero-order valence-corrected chi connectivity index (χ0v) is 25.2. The lowest BCUT2D eigenvalue weighted by atomic mass is 9.90. The molecule has 0 aliphatic heterocycles. The summed E-state index contributed by atoms with van der Waals surface area (Å²) >= 11 is 0. The molecule has 4 atom stereocenters. The molecule has 10 heteroatoms. The van der Waals surface area contributed by atoms with Crippen LogP contribution >= 0.6 is 0 Å². The van der Waals surface area contributed by atoms with Crippen molar-refractivity contribution in [2.45, 2.75) is 50.8 Å². The zero-order chi connectivity index (χ0) is 32.8. The molecule has 0 heterocycles. The van der Waals surface area contributed by atoms with Crippen molar-refractivity contribution >= 4 is 29.1 Å². The summed E-state index contributed by atoms with van der Waals surface area (Å²) in [5.41, 5.74) is 14.7. The first-order chi connectivity index (χ1) is 21.6. The van der Waals surface area contributed by atoms with Crippen LogP contribution in [-0.4, -0.2) is 64.9 Å². The first kappa shape index (κ1) is 34.8. The summed E-state index contributed by atoms with van der Waals surface area (Å²) in [5, 5.41) is 24.1. The van der Waals surface area contributed by atoms with Crippen LogP contribution in [0.2, 0.25) is 0 Å². The highest BCUT2D eigenvalue weighted by Gasteiger charge is 2.26. The van der Waals surface area contributed by atoms with Crippen LogP contribution in [0.3, 0.4) is 0 Å². The molecular weight excluding hydrogens is 572 g/mol. The van der Waals surface area contributed by atoms with Gasteiger partial charge in [0.05, 0.1) is 12.1 Å². The molecule has 0 unspecified atom stereocenters. The third-order valence-electron chi connectivity index (χ3n) is 7.20. The minimum Gasteiger partial charge on any atom is -0.391 e. The number of nitrogens with one attached hydrogen (secondary N) is 2. The summed E-state index contributed by atoms with van der Waals surface area (Å²) in [7, 11) is 0. The fraction of sp³-hybridized carbons (Fsp3) is 0.314. The van der Waals surface area contributed by atoms with E-state index in [0.29, 0.717) is 42.6 Å². The van der Waals surface area contributed by atoms with Gasteiger partial charge in [-0.25, -0.2) is 0 Å².